The number of halogens is 1. The van der Waals surface area contributed by atoms with Gasteiger partial charge in [-0.1, -0.05) is 38.8 Å². The molecule has 0 N–H and O–H groups in total. The Morgan fingerprint density at radius 1 is 1.37 bits per heavy atom. The third-order valence-electron chi connectivity index (χ3n) is 3.50. The number of rotatable bonds is 5. The second kappa shape index (κ2) is 6.90. The summed E-state index contributed by atoms with van der Waals surface area (Å²) in [4.78, 5) is 18.4. The Kier molecular flexibility index (Phi) is 5.80. The van der Waals surface area contributed by atoms with Crippen LogP contribution in [0.15, 0.2) is 12.1 Å². The summed E-state index contributed by atoms with van der Waals surface area (Å²) < 4.78 is 0. The lowest BCUT2D eigenvalue weighted by molar-refractivity contribution is 0.0707. The van der Waals surface area contributed by atoms with E-state index in [2.05, 4.69) is 32.7 Å². The van der Waals surface area contributed by atoms with Gasteiger partial charge in [-0.3, -0.25) is 4.79 Å². The summed E-state index contributed by atoms with van der Waals surface area (Å²) >= 11 is 5.99. The Morgan fingerprint density at radius 2 is 2.00 bits per heavy atom. The van der Waals surface area contributed by atoms with Gasteiger partial charge in [-0.25, -0.2) is 4.98 Å². The maximum Gasteiger partial charge on any atom is 0.254 e. The van der Waals surface area contributed by atoms with Crippen molar-refractivity contribution in [3.05, 3.63) is 28.5 Å². The molecule has 3 nitrogen and oxygen atoms in total. The zero-order chi connectivity index (χ0) is 14.6. The number of carbonyl (C=O) groups excluding carboxylic acids is 1. The first-order chi connectivity index (χ1) is 8.86. The molecule has 1 amide bonds. The van der Waals surface area contributed by atoms with Crippen molar-refractivity contribution >= 4 is 17.5 Å². The molecule has 19 heavy (non-hydrogen) atoms. The van der Waals surface area contributed by atoms with Crippen LogP contribution in [0.4, 0.5) is 0 Å². The minimum Gasteiger partial charge on any atom is -0.339 e. The van der Waals surface area contributed by atoms with Crippen LogP contribution < -0.4 is 0 Å². The minimum absolute atomic E-state index is 0.00264. The second-order valence-corrected chi connectivity index (χ2v) is 5.71. The molecule has 0 fully saturated rings. The van der Waals surface area contributed by atoms with Gasteiger partial charge in [-0.05, 0) is 31.4 Å². The molecule has 0 spiro atoms. The van der Waals surface area contributed by atoms with Crippen LogP contribution in [0.3, 0.4) is 0 Å². The van der Waals surface area contributed by atoms with E-state index < -0.39 is 0 Å². The van der Waals surface area contributed by atoms with Crippen LogP contribution >= 0.6 is 11.6 Å². The molecule has 0 aliphatic rings. The van der Waals surface area contributed by atoms with E-state index >= 15 is 0 Å². The van der Waals surface area contributed by atoms with Crippen LogP contribution in [-0.2, 0) is 6.42 Å². The maximum atomic E-state index is 12.4. The molecule has 0 saturated carbocycles. The van der Waals surface area contributed by atoms with Crippen molar-refractivity contribution in [2.45, 2.75) is 46.6 Å². The first kappa shape index (κ1) is 16.0. The number of nitrogens with zero attached hydrogens (tertiary/aromatic N) is 2. The van der Waals surface area contributed by atoms with Gasteiger partial charge in [0.15, 0.2) is 0 Å². The Hall–Kier alpha value is -1.09. The van der Waals surface area contributed by atoms with Crippen LogP contribution in [0.5, 0.6) is 0 Å². The van der Waals surface area contributed by atoms with Crippen molar-refractivity contribution in [3.63, 3.8) is 0 Å². The van der Waals surface area contributed by atoms with Gasteiger partial charge in [0.1, 0.15) is 5.15 Å². The van der Waals surface area contributed by atoms with Crippen molar-refractivity contribution in [2.75, 3.05) is 7.05 Å². The van der Waals surface area contributed by atoms with Gasteiger partial charge in [0.2, 0.25) is 0 Å². The topological polar surface area (TPSA) is 33.2 Å². The Balaban J connectivity index is 2.99. The highest BCUT2D eigenvalue weighted by atomic mass is 35.5. The third kappa shape index (κ3) is 4.20. The quantitative estimate of drug-likeness (QED) is 0.770. The summed E-state index contributed by atoms with van der Waals surface area (Å²) in [7, 11) is 1.83. The predicted molar refractivity (Wildman–Crippen MR) is 79.6 cm³/mol. The molecule has 4 heteroatoms. The third-order valence-corrected chi connectivity index (χ3v) is 3.69. The summed E-state index contributed by atoms with van der Waals surface area (Å²) in [5.41, 5.74) is 1.50. The van der Waals surface area contributed by atoms with E-state index in [1.54, 1.807) is 11.0 Å². The summed E-state index contributed by atoms with van der Waals surface area (Å²) in [6.07, 6.45) is 1.82. The number of amides is 1. The fourth-order valence-corrected chi connectivity index (χ4v) is 2.12. The molecule has 0 aliphatic carbocycles. The normalized spacial score (nSPS) is 12.6. The fraction of sp³-hybridized carbons (Fsp3) is 0.600. The molecule has 0 aliphatic heterocycles. The largest absolute Gasteiger partial charge is 0.339 e. The minimum atomic E-state index is 0.00264. The van der Waals surface area contributed by atoms with Crippen molar-refractivity contribution in [1.82, 2.24) is 9.88 Å². The maximum absolute atomic E-state index is 12.4. The van der Waals surface area contributed by atoms with Crippen molar-refractivity contribution < 1.29 is 4.79 Å². The van der Waals surface area contributed by atoms with Gasteiger partial charge >= 0.3 is 0 Å². The highest BCUT2D eigenvalue weighted by Gasteiger charge is 2.20. The average Bonchev–Trinajstić information content (AvgIpc) is 2.35. The summed E-state index contributed by atoms with van der Waals surface area (Å²) in [5, 5.41) is 0.389. The number of hydrogen-bond donors (Lipinski definition) is 0. The smallest absolute Gasteiger partial charge is 0.254 e. The highest BCUT2D eigenvalue weighted by Crippen LogP contribution is 2.17. The van der Waals surface area contributed by atoms with Gasteiger partial charge in [-0.2, -0.15) is 0 Å². The first-order valence-electron chi connectivity index (χ1n) is 6.80. The van der Waals surface area contributed by atoms with Gasteiger partial charge in [-0.15, -0.1) is 0 Å². The molecule has 1 aromatic heterocycles. The SMILES string of the molecule is CCCc1cc(C(=O)N(C)C(C)C(C)C)cc(Cl)n1. The average molecular weight is 283 g/mol. The second-order valence-electron chi connectivity index (χ2n) is 5.32. The Labute approximate surface area is 121 Å². The van der Waals surface area contributed by atoms with E-state index in [4.69, 9.17) is 11.6 Å². The lowest BCUT2D eigenvalue weighted by Crippen LogP contribution is -2.38. The van der Waals surface area contributed by atoms with Gasteiger partial charge < -0.3 is 4.90 Å². The van der Waals surface area contributed by atoms with E-state index in [1.807, 2.05) is 13.1 Å². The summed E-state index contributed by atoms with van der Waals surface area (Å²) in [6, 6.07) is 3.68. The zero-order valence-corrected chi connectivity index (χ0v) is 13.2. The lowest BCUT2D eigenvalue weighted by atomic mass is 10.0. The molecular weight excluding hydrogens is 260 g/mol. The molecule has 1 unspecified atom stereocenters. The summed E-state index contributed by atoms with van der Waals surface area (Å²) in [5.74, 6) is 0.421. The van der Waals surface area contributed by atoms with Crippen molar-refractivity contribution in [1.29, 1.82) is 0 Å². The summed E-state index contributed by atoms with van der Waals surface area (Å²) in [6.45, 7) is 8.35. The number of carbonyl (C=O) groups is 1. The van der Waals surface area contributed by atoms with E-state index in [0.717, 1.165) is 18.5 Å². The number of hydrogen-bond acceptors (Lipinski definition) is 2. The molecule has 1 atom stereocenters. The Bertz CT molecular complexity index is 446. The standard InChI is InChI=1S/C15H23ClN2O/c1-6-7-13-8-12(9-14(16)17-13)15(19)18(5)11(4)10(2)3/h8-11H,6-7H2,1-5H3. The van der Waals surface area contributed by atoms with E-state index in [9.17, 15) is 4.79 Å². The molecule has 1 heterocycles. The van der Waals surface area contributed by atoms with Crippen LogP contribution in [0, 0.1) is 5.92 Å². The highest BCUT2D eigenvalue weighted by molar-refractivity contribution is 6.29. The molecular formula is C15H23ClN2O. The van der Waals surface area contributed by atoms with E-state index in [1.165, 1.54) is 0 Å². The molecule has 0 bridgehead atoms. The van der Waals surface area contributed by atoms with Crippen molar-refractivity contribution in [2.24, 2.45) is 5.92 Å². The van der Waals surface area contributed by atoms with Gasteiger partial charge in [0.25, 0.3) is 5.91 Å². The van der Waals surface area contributed by atoms with Crippen LogP contribution in [0.2, 0.25) is 5.15 Å². The van der Waals surface area contributed by atoms with Gasteiger partial charge in [0.05, 0.1) is 0 Å². The van der Waals surface area contributed by atoms with Crippen molar-refractivity contribution in [3.8, 4) is 0 Å². The number of aryl methyl sites for hydroxylation is 1. The van der Waals surface area contributed by atoms with E-state index in [0.29, 0.717) is 16.6 Å². The number of pyridine rings is 1. The zero-order valence-electron chi connectivity index (χ0n) is 12.4. The van der Waals surface area contributed by atoms with Gasteiger partial charge in [0, 0.05) is 24.3 Å². The molecule has 0 radical (unpaired) electrons. The fourth-order valence-electron chi connectivity index (χ4n) is 1.89. The Morgan fingerprint density at radius 3 is 2.53 bits per heavy atom. The molecule has 106 valence electrons. The first-order valence-corrected chi connectivity index (χ1v) is 7.18. The van der Waals surface area contributed by atoms with Crippen LogP contribution in [0.1, 0.15) is 50.2 Å². The predicted octanol–water partition coefficient (Wildman–Crippen LogP) is 3.80. The number of aromatic nitrogens is 1. The van der Waals surface area contributed by atoms with E-state index in [-0.39, 0.29) is 11.9 Å². The van der Waals surface area contributed by atoms with Crippen LogP contribution in [0.25, 0.3) is 0 Å². The molecule has 0 aromatic carbocycles. The lowest BCUT2D eigenvalue weighted by Gasteiger charge is -2.28. The van der Waals surface area contributed by atoms with Crippen LogP contribution in [-0.4, -0.2) is 28.9 Å². The molecule has 0 saturated heterocycles. The monoisotopic (exact) mass is 282 g/mol. The molecule has 1 rings (SSSR count). The molecule has 1 aromatic rings.